The fourth-order valence-electron chi connectivity index (χ4n) is 13.4. The summed E-state index contributed by atoms with van der Waals surface area (Å²) in [7, 11) is 0. The first-order valence-corrected chi connectivity index (χ1v) is 50.8. The zero-order valence-electron chi connectivity index (χ0n) is 85.5. The molecule has 0 saturated carbocycles. The number of nitrogens with two attached hydrogens (primary N) is 2. The van der Waals surface area contributed by atoms with Crippen molar-refractivity contribution < 1.29 is 59.1 Å². The van der Waals surface area contributed by atoms with Gasteiger partial charge < -0.3 is 118 Å². The Labute approximate surface area is 767 Å². The molecule has 11 unspecified atom stereocenters. The number of hydrogen-bond donors (Lipinski definition) is 17. The molecule has 0 aromatic carbocycles. The quantitative estimate of drug-likeness (QED) is 0.0252. The number of nitrogens with zero attached hydrogens (tertiary/aromatic N) is 4. The zero-order chi connectivity index (χ0) is 93.9. The van der Waals surface area contributed by atoms with Crippen LogP contribution in [0.5, 0.6) is 0 Å². The lowest BCUT2D eigenvalue weighted by atomic mass is 10.0. The molecule has 11 atom stereocenters. The van der Waals surface area contributed by atoms with E-state index in [-0.39, 0.29) is 39.1 Å². The fraction of sp³-hybridized carbons (Fsp3) is 1.00. The largest absolute Gasteiger partial charge is 0.391 e. The van der Waals surface area contributed by atoms with Crippen LogP contribution in [0, 0.1) is 29.6 Å². The third kappa shape index (κ3) is 108. The Morgan fingerprint density at radius 1 is 0.306 bits per heavy atom. The Balaban J connectivity index is -0.000000532. The maximum Gasteiger partial charge on any atom is 0.0900 e. The summed E-state index contributed by atoms with van der Waals surface area (Å²) in [5.41, 5.74) is 10.3. The van der Waals surface area contributed by atoms with Gasteiger partial charge in [0.15, 0.2) is 0 Å². The lowest BCUT2D eigenvalue weighted by Crippen LogP contribution is -2.48. The zero-order valence-corrected chi connectivity index (χ0v) is 85.5. The third-order valence-corrected chi connectivity index (χ3v) is 20.8. The monoisotopic (exact) mass is 1790 g/mol. The van der Waals surface area contributed by atoms with Gasteiger partial charge in [0.05, 0.1) is 76.3 Å². The van der Waals surface area contributed by atoms with Gasteiger partial charge in [-0.05, 0) is 154 Å². The molecular weight excluding hydrogens is 1570 g/mol. The molecule has 1 aliphatic heterocycles. The van der Waals surface area contributed by atoms with Crippen LogP contribution in [-0.2, 0) is 28.4 Å². The minimum absolute atomic E-state index is 0.223. The predicted octanol–water partition coefficient (Wildman–Crippen LogP) is 9.79. The van der Waals surface area contributed by atoms with E-state index in [1.165, 1.54) is 64.6 Å². The highest BCUT2D eigenvalue weighted by Crippen LogP contribution is 2.11. The Kier molecular flexibility index (Phi) is 107. The highest BCUT2D eigenvalue weighted by atomic mass is 16.5. The first-order chi connectivity index (χ1) is 59.4. The molecule has 1 rings (SSSR count). The van der Waals surface area contributed by atoms with E-state index >= 15 is 0 Å². The second-order valence-corrected chi connectivity index (χ2v) is 37.2. The second kappa shape index (κ2) is 101. The number of aliphatic hydroxyl groups excluding tert-OH is 6. The molecule has 0 aromatic rings. The van der Waals surface area contributed by atoms with Crippen molar-refractivity contribution in [3.8, 4) is 0 Å². The van der Waals surface area contributed by atoms with Gasteiger partial charge in [-0.25, -0.2) is 0 Å². The van der Waals surface area contributed by atoms with Crippen LogP contribution in [0.1, 0.15) is 281 Å². The summed E-state index contributed by atoms with van der Waals surface area (Å²) in [5.74, 6) is 3.99. The summed E-state index contributed by atoms with van der Waals surface area (Å²) in [5, 5.41) is 94.6. The first-order valence-electron chi connectivity index (χ1n) is 50.8. The standard InChI is InChI=1S/C39H83N3O10.C18H41N3.C16H37N3.C12H27N3.C8H18O2.C4H13N3/c1-6-11-20-48-30-35(43)25-40(16-18-41(26-36(44)31-49-21-12-7-2)27-37(45)32-50-22-13-8-3)17-19-42(28-38(46)33-51-23-14-9-4)29-39(47)34-52-24-15-10-5;1-15(2)7-9-17(5)20-13-11-19-12-14-21-18(6)10-8-16(3)4;1-13(2)11-15(5)18-9-7-17-8-10-19-16(6)12-14(3)4;1-11(2)10-12(3)14-6-9-15-7-4-13-5-8-15;1-3-5-6-10-7-8(9)4-2;5-1-3-7-4-2-6/h35-39,43-47H,6-34H2,1-5H3;15-21H,7-14H2,1-6H3;13-19H,7-12H2,1-6H3;11-14H,4-10H2,1-3H3;8-9H,3-7H2,1-2H3;7H,1-6H2. The van der Waals surface area contributed by atoms with E-state index in [1.54, 1.807) is 0 Å². The van der Waals surface area contributed by atoms with Gasteiger partial charge in [-0.1, -0.05) is 156 Å². The number of ether oxygens (including phenoxy) is 6. The Morgan fingerprint density at radius 3 is 0.815 bits per heavy atom. The summed E-state index contributed by atoms with van der Waals surface area (Å²) >= 11 is 0. The molecule has 1 saturated heterocycles. The highest BCUT2D eigenvalue weighted by Gasteiger charge is 2.23. The second-order valence-electron chi connectivity index (χ2n) is 37.2. The van der Waals surface area contributed by atoms with Crippen LogP contribution in [0.25, 0.3) is 0 Å². The Morgan fingerprint density at radius 2 is 0.556 bits per heavy atom. The van der Waals surface area contributed by atoms with Crippen molar-refractivity contribution in [1.29, 1.82) is 0 Å². The number of piperazine rings is 1. The Hall–Kier alpha value is -1.08. The molecular formula is C97H219N15O12. The van der Waals surface area contributed by atoms with E-state index in [9.17, 15) is 25.5 Å². The molecule has 27 heteroatoms. The highest BCUT2D eigenvalue weighted by molar-refractivity contribution is 4.78. The van der Waals surface area contributed by atoms with E-state index in [1.807, 2.05) is 16.7 Å². The normalized spacial score (nSPS) is 15.3. The molecule has 0 aliphatic carbocycles. The fourth-order valence-corrected chi connectivity index (χ4v) is 13.4. The van der Waals surface area contributed by atoms with Gasteiger partial charge in [-0.15, -0.1) is 0 Å². The van der Waals surface area contributed by atoms with Crippen molar-refractivity contribution >= 4 is 0 Å². The summed E-state index contributed by atoms with van der Waals surface area (Å²) in [6, 6.07) is 3.21. The molecule has 27 nitrogen and oxygen atoms in total. The average Bonchev–Trinajstić information content (AvgIpc) is 0.901. The van der Waals surface area contributed by atoms with E-state index in [4.69, 9.17) is 45.0 Å². The van der Waals surface area contributed by atoms with Gasteiger partial charge in [0, 0.05) is 247 Å². The van der Waals surface area contributed by atoms with Crippen LogP contribution in [0.15, 0.2) is 0 Å². The van der Waals surface area contributed by atoms with Gasteiger partial charge in [-0.3, -0.25) is 19.6 Å². The van der Waals surface area contributed by atoms with Crippen molar-refractivity contribution in [2.24, 2.45) is 41.1 Å². The first kappa shape index (κ1) is 131. The van der Waals surface area contributed by atoms with Crippen molar-refractivity contribution in [1.82, 2.24) is 67.5 Å². The van der Waals surface area contributed by atoms with Crippen molar-refractivity contribution in [2.45, 2.75) is 348 Å². The predicted molar refractivity (Wildman–Crippen MR) is 530 cm³/mol. The maximum atomic E-state index is 11.0. The molecule has 1 fully saturated rings. The van der Waals surface area contributed by atoms with E-state index < -0.39 is 30.5 Å². The number of hydrogen-bond acceptors (Lipinski definition) is 27. The summed E-state index contributed by atoms with van der Waals surface area (Å²) in [4.78, 5) is 8.75. The van der Waals surface area contributed by atoms with Crippen molar-refractivity contribution in [3.63, 3.8) is 0 Å². The van der Waals surface area contributed by atoms with Crippen LogP contribution in [0.4, 0.5) is 0 Å². The number of aliphatic hydroxyl groups is 6. The average molecular weight is 1790 g/mol. The van der Waals surface area contributed by atoms with Gasteiger partial charge >= 0.3 is 0 Å². The molecule has 1 heterocycles. The van der Waals surface area contributed by atoms with Gasteiger partial charge in [0.1, 0.15) is 0 Å². The van der Waals surface area contributed by atoms with Crippen molar-refractivity contribution in [2.75, 3.05) is 256 Å². The molecule has 19 N–H and O–H groups in total. The van der Waals surface area contributed by atoms with Crippen LogP contribution >= 0.6 is 0 Å². The van der Waals surface area contributed by atoms with Gasteiger partial charge in [0.25, 0.3) is 0 Å². The summed E-state index contributed by atoms with van der Waals surface area (Å²) in [6.07, 6.45) is 18.0. The van der Waals surface area contributed by atoms with Gasteiger partial charge in [0.2, 0.25) is 0 Å². The minimum Gasteiger partial charge on any atom is -0.391 e. The summed E-state index contributed by atoms with van der Waals surface area (Å²) in [6.45, 7) is 76.8. The minimum atomic E-state index is -0.714. The lowest BCUT2D eigenvalue weighted by Gasteiger charge is -2.33. The lowest BCUT2D eigenvalue weighted by molar-refractivity contribution is -0.0208. The maximum absolute atomic E-state index is 11.0. The number of rotatable bonds is 83. The SMILES string of the molecule is CC(C)CC(C)NCCN1CCNCC1.CC(C)CC(C)NCCNCCNC(C)CC(C)C.CC(C)CCC(C)NCCNCCNC(C)CCC(C)C.CCCCOCC(O)CC.CCCCOCC(O)CN(CCN(CC(O)COCCCC)CC(O)COCCCC)CCN(CC(O)COCCCC)CC(O)COCCCC.NCCNCCN. The molecule has 0 amide bonds. The molecule has 0 spiro atoms. The molecule has 124 heavy (non-hydrogen) atoms. The Bertz CT molecular complexity index is 1860. The molecule has 0 radical (unpaired) electrons. The molecule has 1 aliphatic rings. The van der Waals surface area contributed by atoms with E-state index in [2.05, 4.69) is 203 Å². The van der Waals surface area contributed by atoms with Crippen LogP contribution in [0.2, 0.25) is 0 Å². The van der Waals surface area contributed by atoms with Crippen molar-refractivity contribution in [3.05, 3.63) is 0 Å². The summed E-state index contributed by atoms with van der Waals surface area (Å²) < 4.78 is 33.6. The van der Waals surface area contributed by atoms with Gasteiger partial charge in [-0.2, -0.15) is 0 Å². The number of nitrogens with one attached hydrogen (secondary N) is 9. The number of unbranched alkanes of at least 4 members (excludes halogenated alkanes) is 6. The molecule has 754 valence electrons. The van der Waals surface area contributed by atoms with Crippen LogP contribution < -0.4 is 59.3 Å². The topological polar surface area (TPSA) is 350 Å². The molecule has 0 aromatic heterocycles. The van der Waals surface area contributed by atoms with E-state index in [0.717, 1.165) is 205 Å². The van der Waals surface area contributed by atoms with E-state index in [0.29, 0.717) is 142 Å². The molecule has 0 bridgehead atoms. The van der Waals surface area contributed by atoms with Crippen LogP contribution in [-0.4, -0.2) is 373 Å². The third-order valence-electron chi connectivity index (χ3n) is 20.8. The van der Waals surface area contributed by atoms with Crippen LogP contribution in [0.3, 0.4) is 0 Å². The smallest absolute Gasteiger partial charge is 0.0900 e.